The van der Waals surface area contributed by atoms with Crippen molar-refractivity contribution in [1.82, 2.24) is 9.55 Å². The van der Waals surface area contributed by atoms with Crippen molar-refractivity contribution in [3.63, 3.8) is 0 Å². The van der Waals surface area contributed by atoms with E-state index >= 15 is 0 Å². The molecule has 17 heavy (non-hydrogen) atoms. The van der Waals surface area contributed by atoms with Crippen molar-refractivity contribution in [3.05, 3.63) is 35.6 Å². The van der Waals surface area contributed by atoms with E-state index in [-0.39, 0.29) is 6.10 Å². The van der Waals surface area contributed by atoms with E-state index in [1.807, 2.05) is 42.7 Å². The summed E-state index contributed by atoms with van der Waals surface area (Å²) in [7, 11) is 0. The van der Waals surface area contributed by atoms with Crippen LogP contribution in [0.4, 0.5) is 0 Å². The molecule has 0 bridgehead atoms. The normalized spacial score (nSPS) is 11.0. The summed E-state index contributed by atoms with van der Waals surface area (Å²) in [6.45, 7) is 8.46. The molecule has 0 aliphatic rings. The molecule has 1 N–H and O–H groups in total. The van der Waals surface area contributed by atoms with Crippen molar-refractivity contribution in [2.45, 2.75) is 26.5 Å². The number of imidazole rings is 1. The molecule has 0 atom stereocenters. The number of benzene rings is 1. The van der Waals surface area contributed by atoms with Gasteiger partial charge in [-0.2, -0.15) is 0 Å². The van der Waals surface area contributed by atoms with E-state index in [9.17, 15) is 0 Å². The summed E-state index contributed by atoms with van der Waals surface area (Å²) in [5.74, 6) is 0.839. The third kappa shape index (κ3) is 2.26. The zero-order valence-corrected chi connectivity index (χ0v) is 10.9. The fourth-order valence-electron chi connectivity index (χ4n) is 1.82. The molecular formula is C13H16N2OS. The van der Waals surface area contributed by atoms with Crippen molar-refractivity contribution < 1.29 is 4.74 Å². The van der Waals surface area contributed by atoms with Crippen LogP contribution in [0.25, 0.3) is 11.0 Å². The van der Waals surface area contributed by atoms with E-state index in [1.54, 1.807) is 0 Å². The highest BCUT2D eigenvalue weighted by molar-refractivity contribution is 7.71. The van der Waals surface area contributed by atoms with E-state index in [0.717, 1.165) is 16.8 Å². The summed E-state index contributed by atoms with van der Waals surface area (Å²) in [6, 6.07) is 5.95. The molecule has 0 unspecified atom stereocenters. The Labute approximate surface area is 106 Å². The molecule has 0 spiro atoms. The molecule has 3 nitrogen and oxygen atoms in total. The summed E-state index contributed by atoms with van der Waals surface area (Å²) in [4.78, 5) is 3.19. The largest absolute Gasteiger partial charge is 0.489 e. The standard InChI is InChI=1S/C13H16N2OS/c1-4-8-15-10-6-5-7-11(16-9(2)3)12(10)14-13(15)17/h4-7,9H,1,8H2,2-3H3,(H,14,17). The van der Waals surface area contributed by atoms with Gasteiger partial charge in [0.05, 0.1) is 11.6 Å². The lowest BCUT2D eigenvalue weighted by atomic mass is 10.3. The van der Waals surface area contributed by atoms with Crippen LogP contribution in [-0.2, 0) is 6.54 Å². The quantitative estimate of drug-likeness (QED) is 0.661. The maximum absolute atomic E-state index is 5.76. The number of hydrogen-bond acceptors (Lipinski definition) is 2. The summed E-state index contributed by atoms with van der Waals surface area (Å²) in [5, 5.41) is 0. The number of H-pyrrole nitrogens is 1. The first-order chi connectivity index (χ1) is 8.13. The fourth-order valence-corrected chi connectivity index (χ4v) is 2.09. The second-order valence-electron chi connectivity index (χ2n) is 4.15. The highest BCUT2D eigenvalue weighted by Crippen LogP contribution is 2.25. The van der Waals surface area contributed by atoms with E-state index < -0.39 is 0 Å². The SMILES string of the molecule is C=CCn1c(=S)[nH]c2c(OC(C)C)cccc21. The molecule has 0 radical (unpaired) electrons. The Morgan fingerprint density at radius 3 is 2.94 bits per heavy atom. The van der Waals surface area contributed by atoms with Gasteiger partial charge in [0, 0.05) is 6.54 Å². The summed E-state index contributed by atoms with van der Waals surface area (Å²) >= 11 is 5.30. The number of para-hydroxylation sites is 1. The van der Waals surface area contributed by atoms with Crippen LogP contribution in [0.3, 0.4) is 0 Å². The minimum absolute atomic E-state index is 0.144. The van der Waals surface area contributed by atoms with Gasteiger partial charge in [0.1, 0.15) is 11.3 Å². The smallest absolute Gasteiger partial charge is 0.178 e. The van der Waals surface area contributed by atoms with Gasteiger partial charge in [0.25, 0.3) is 0 Å². The van der Waals surface area contributed by atoms with E-state index in [2.05, 4.69) is 11.6 Å². The lowest BCUT2D eigenvalue weighted by Gasteiger charge is -2.10. The summed E-state index contributed by atoms with van der Waals surface area (Å²) in [5.41, 5.74) is 2.00. The van der Waals surface area contributed by atoms with Crippen LogP contribution in [0.15, 0.2) is 30.9 Å². The lowest BCUT2D eigenvalue weighted by Crippen LogP contribution is -2.05. The molecule has 0 aliphatic heterocycles. The van der Waals surface area contributed by atoms with Gasteiger partial charge in [-0.1, -0.05) is 12.1 Å². The molecule has 90 valence electrons. The highest BCUT2D eigenvalue weighted by atomic mass is 32.1. The average molecular weight is 248 g/mol. The predicted octanol–water partition coefficient (Wildman–Crippen LogP) is 3.67. The lowest BCUT2D eigenvalue weighted by molar-refractivity contribution is 0.245. The molecule has 1 aromatic heterocycles. The van der Waals surface area contributed by atoms with Gasteiger partial charge in [-0.3, -0.25) is 0 Å². The van der Waals surface area contributed by atoms with Gasteiger partial charge in [-0.15, -0.1) is 6.58 Å². The highest BCUT2D eigenvalue weighted by Gasteiger charge is 2.09. The Bertz CT molecular complexity index is 595. The Morgan fingerprint density at radius 1 is 1.53 bits per heavy atom. The topological polar surface area (TPSA) is 29.9 Å². The molecule has 0 aliphatic carbocycles. The number of allylic oxidation sites excluding steroid dienone is 1. The number of rotatable bonds is 4. The van der Waals surface area contributed by atoms with Gasteiger partial charge in [0.2, 0.25) is 0 Å². The molecule has 4 heteroatoms. The zero-order chi connectivity index (χ0) is 12.4. The summed E-state index contributed by atoms with van der Waals surface area (Å²) in [6.07, 6.45) is 1.98. The average Bonchev–Trinajstić information content (AvgIpc) is 2.57. The second kappa shape index (κ2) is 4.75. The maximum Gasteiger partial charge on any atom is 0.178 e. The van der Waals surface area contributed by atoms with Gasteiger partial charge in [-0.25, -0.2) is 0 Å². The molecule has 1 aromatic carbocycles. The third-order valence-corrected chi connectivity index (χ3v) is 2.77. The number of aromatic amines is 1. The molecule has 2 rings (SSSR count). The molecule has 1 heterocycles. The Kier molecular flexibility index (Phi) is 3.33. The van der Waals surface area contributed by atoms with Crippen LogP contribution in [-0.4, -0.2) is 15.7 Å². The number of fused-ring (bicyclic) bond motifs is 1. The van der Waals surface area contributed by atoms with Gasteiger partial charge >= 0.3 is 0 Å². The van der Waals surface area contributed by atoms with Crippen molar-refractivity contribution in [1.29, 1.82) is 0 Å². The minimum Gasteiger partial charge on any atom is -0.489 e. The van der Waals surface area contributed by atoms with Crippen LogP contribution in [0.2, 0.25) is 0 Å². The zero-order valence-electron chi connectivity index (χ0n) is 10.1. The van der Waals surface area contributed by atoms with Crippen LogP contribution < -0.4 is 4.74 Å². The predicted molar refractivity (Wildman–Crippen MR) is 73.1 cm³/mol. The first-order valence-electron chi connectivity index (χ1n) is 5.62. The van der Waals surface area contributed by atoms with Gasteiger partial charge in [0.15, 0.2) is 4.77 Å². The minimum atomic E-state index is 0.144. The Morgan fingerprint density at radius 2 is 2.29 bits per heavy atom. The first kappa shape index (κ1) is 11.9. The molecule has 2 aromatic rings. The van der Waals surface area contributed by atoms with Crippen LogP contribution in [0.1, 0.15) is 13.8 Å². The van der Waals surface area contributed by atoms with Crippen LogP contribution >= 0.6 is 12.2 Å². The van der Waals surface area contributed by atoms with Crippen molar-refractivity contribution in [2.24, 2.45) is 0 Å². The van der Waals surface area contributed by atoms with Crippen LogP contribution in [0.5, 0.6) is 5.75 Å². The molecule has 0 amide bonds. The van der Waals surface area contributed by atoms with Crippen molar-refractivity contribution in [3.8, 4) is 5.75 Å². The van der Waals surface area contributed by atoms with Crippen molar-refractivity contribution in [2.75, 3.05) is 0 Å². The maximum atomic E-state index is 5.76. The Hall–Kier alpha value is -1.55. The molecule has 0 fully saturated rings. The van der Waals surface area contributed by atoms with Gasteiger partial charge in [-0.05, 0) is 38.2 Å². The second-order valence-corrected chi connectivity index (χ2v) is 4.53. The van der Waals surface area contributed by atoms with Crippen molar-refractivity contribution >= 4 is 23.3 Å². The number of hydrogen-bond donors (Lipinski definition) is 1. The van der Waals surface area contributed by atoms with Gasteiger partial charge < -0.3 is 14.3 Å². The summed E-state index contributed by atoms with van der Waals surface area (Å²) < 4.78 is 8.46. The van der Waals surface area contributed by atoms with E-state index in [0.29, 0.717) is 11.3 Å². The monoisotopic (exact) mass is 248 g/mol. The number of nitrogens with one attached hydrogen (secondary N) is 1. The number of nitrogens with zero attached hydrogens (tertiary/aromatic N) is 1. The number of ether oxygens (including phenoxy) is 1. The fraction of sp³-hybridized carbons (Fsp3) is 0.308. The Balaban J connectivity index is 2.62. The molecular weight excluding hydrogens is 232 g/mol. The van der Waals surface area contributed by atoms with Crippen LogP contribution in [0, 0.1) is 4.77 Å². The molecule has 0 saturated heterocycles. The third-order valence-electron chi connectivity index (χ3n) is 2.45. The van der Waals surface area contributed by atoms with E-state index in [1.165, 1.54) is 0 Å². The van der Waals surface area contributed by atoms with E-state index in [4.69, 9.17) is 17.0 Å². The first-order valence-corrected chi connectivity index (χ1v) is 6.03. The molecule has 0 saturated carbocycles. The number of aromatic nitrogens is 2.